The number of aryl methyl sites for hydroxylation is 1. The molecule has 5 rings (SSSR count). The van der Waals surface area contributed by atoms with E-state index in [4.69, 9.17) is 11.6 Å². The zero-order valence-electron chi connectivity index (χ0n) is 20.4. The maximum absolute atomic E-state index is 13.3. The van der Waals surface area contributed by atoms with E-state index < -0.39 is 15.4 Å². The van der Waals surface area contributed by atoms with Crippen LogP contribution in [0.3, 0.4) is 0 Å². The number of nitrogens with zero attached hydrogens (tertiary/aromatic N) is 2. The molecule has 37 heavy (non-hydrogen) atoms. The zero-order valence-corrected chi connectivity index (χ0v) is 22.0. The van der Waals surface area contributed by atoms with E-state index in [9.17, 15) is 18.3 Å². The summed E-state index contributed by atoms with van der Waals surface area (Å²) in [5, 5.41) is 12.4. The van der Waals surface area contributed by atoms with Crippen molar-refractivity contribution in [3.05, 3.63) is 106 Å². The summed E-state index contributed by atoms with van der Waals surface area (Å²) in [6.07, 6.45) is 2.36. The molecule has 1 N–H and O–H groups in total. The van der Waals surface area contributed by atoms with Crippen LogP contribution in [-0.4, -0.2) is 42.4 Å². The second kappa shape index (κ2) is 9.89. The smallest absolute Gasteiger partial charge is 0.253 e. The lowest BCUT2D eigenvalue weighted by Gasteiger charge is -2.39. The van der Waals surface area contributed by atoms with E-state index in [0.717, 1.165) is 10.9 Å². The van der Waals surface area contributed by atoms with Gasteiger partial charge in [0, 0.05) is 40.8 Å². The predicted octanol–water partition coefficient (Wildman–Crippen LogP) is 5.29. The maximum atomic E-state index is 13.3. The average Bonchev–Trinajstić information content (AvgIpc) is 2.89. The molecule has 1 aliphatic rings. The highest BCUT2D eigenvalue weighted by Crippen LogP contribution is 2.37. The lowest BCUT2D eigenvalue weighted by molar-refractivity contribution is -0.0210. The number of hydrogen-bond donors (Lipinski definition) is 1. The Kier molecular flexibility index (Phi) is 6.79. The molecule has 2 heterocycles. The van der Waals surface area contributed by atoms with Gasteiger partial charge in [0.15, 0.2) is 9.84 Å². The Morgan fingerprint density at radius 3 is 2.49 bits per heavy atom. The molecule has 4 aromatic rings. The van der Waals surface area contributed by atoms with Gasteiger partial charge in [0.25, 0.3) is 5.91 Å². The highest BCUT2D eigenvalue weighted by Gasteiger charge is 2.37. The number of fused-ring (bicyclic) bond motifs is 1. The number of carbonyl (C=O) groups is 1. The van der Waals surface area contributed by atoms with Crippen LogP contribution >= 0.6 is 11.6 Å². The summed E-state index contributed by atoms with van der Waals surface area (Å²) >= 11 is 6.30. The maximum Gasteiger partial charge on any atom is 0.253 e. The van der Waals surface area contributed by atoms with Gasteiger partial charge in [0.1, 0.15) is 0 Å². The quantitative estimate of drug-likeness (QED) is 0.375. The van der Waals surface area contributed by atoms with Crippen molar-refractivity contribution in [1.29, 1.82) is 0 Å². The number of amides is 1. The third-order valence-electron chi connectivity index (χ3n) is 7.12. The summed E-state index contributed by atoms with van der Waals surface area (Å²) in [4.78, 5) is 19.4. The Labute approximate surface area is 221 Å². The number of benzene rings is 3. The van der Waals surface area contributed by atoms with Crippen molar-refractivity contribution < 1.29 is 18.3 Å². The molecule has 3 aromatic carbocycles. The van der Waals surface area contributed by atoms with Gasteiger partial charge in [-0.15, -0.1) is 0 Å². The summed E-state index contributed by atoms with van der Waals surface area (Å²) in [6, 6.07) is 21.1. The van der Waals surface area contributed by atoms with Crippen molar-refractivity contribution in [3.8, 4) is 0 Å². The first-order chi connectivity index (χ1) is 17.7. The summed E-state index contributed by atoms with van der Waals surface area (Å²) in [6.45, 7) is 2.60. The molecule has 6 nitrogen and oxygen atoms in total. The number of aromatic nitrogens is 1. The number of hydrogen-bond acceptors (Lipinski definition) is 5. The highest BCUT2D eigenvalue weighted by molar-refractivity contribution is 7.90. The van der Waals surface area contributed by atoms with Crippen molar-refractivity contribution >= 4 is 38.2 Å². The molecule has 1 aliphatic heterocycles. The number of rotatable bonds is 5. The number of para-hydroxylation sites is 1. The lowest BCUT2D eigenvalue weighted by atomic mass is 9.84. The largest absolute Gasteiger partial charge is 0.385 e. The van der Waals surface area contributed by atoms with E-state index >= 15 is 0 Å². The van der Waals surface area contributed by atoms with E-state index in [0.29, 0.717) is 53.2 Å². The second-order valence-electron chi connectivity index (χ2n) is 9.54. The fourth-order valence-corrected chi connectivity index (χ4v) is 6.92. The minimum Gasteiger partial charge on any atom is -0.385 e. The molecule has 0 bridgehead atoms. The summed E-state index contributed by atoms with van der Waals surface area (Å²) in [5.41, 5.74) is 1.93. The monoisotopic (exact) mass is 534 g/mol. The van der Waals surface area contributed by atoms with Crippen molar-refractivity contribution in [2.75, 3.05) is 13.1 Å². The van der Waals surface area contributed by atoms with E-state index in [2.05, 4.69) is 4.98 Å². The number of piperidine rings is 1. The van der Waals surface area contributed by atoms with Crippen molar-refractivity contribution in [3.63, 3.8) is 0 Å². The fourth-order valence-electron chi connectivity index (χ4n) is 4.97. The molecule has 8 heteroatoms. The number of pyridine rings is 1. The summed E-state index contributed by atoms with van der Waals surface area (Å²) < 4.78 is 26.6. The number of halogens is 1. The minimum atomic E-state index is -3.66. The van der Waals surface area contributed by atoms with Gasteiger partial charge in [-0.1, -0.05) is 54.1 Å². The predicted molar refractivity (Wildman–Crippen MR) is 144 cm³/mol. The van der Waals surface area contributed by atoms with Crippen LogP contribution in [0.25, 0.3) is 10.9 Å². The normalized spacial score (nSPS) is 15.6. The fraction of sp³-hybridized carbons (Fsp3) is 0.241. The zero-order chi connectivity index (χ0) is 26.2. The van der Waals surface area contributed by atoms with Gasteiger partial charge in [-0.05, 0) is 61.2 Å². The first-order valence-electron chi connectivity index (χ1n) is 12.1. The molecule has 0 unspecified atom stereocenters. The van der Waals surface area contributed by atoms with Crippen LogP contribution in [0.2, 0.25) is 5.02 Å². The van der Waals surface area contributed by atoms with Gasteiger partial charge in [-0.25, -0.2) is 8.42 Å². The third kappa shape index (κ3) is 4.99. The number of carbonyl (C=O) groups excluding carboxylic acids is 1. The minimum absolute atomic E-state index is 0.142. The highest BCUT2D eigenvalue weighted by atomic mass is 35.5. The van der Waals surface area contributed by atoms with Gasteiger partial charge in [0.2, 0.25) is 0 Å². The van der Waals surface area contributed by atoms with Crippen LogP contribution < -0.4 is 0 Å². The summed E-state index contributed by atoms with van der Waals surface area (Å²) in [7, 11) is -3.66. The molecular weight excluding hydrogens is 508 g/mol. The Balaban J connectivity index is 1.31. The molecule has 1 amide bonds. The molecule has 0 saturated carbocycles. The SMILES string of the molecule is Cc1cc(C(=O)N2CCC(O)(c3ccccc3Cl)CC2)ccc1CS(=O)(=O)c1cccc2cccnc12. The average molecular weight is 535 g/mol. The van der Waals surface area contributed by atoms with Crippen molar-refractivity contribution in [1.82, 2.24) is 9.88 Å². The number of aliphatic hydroxyl groups is 1. The van der Waals surface area contributed by atoms with E-state index in [1.54, 1.807) is 53.6 Å². The van der Waals surface area contributed by atoms with E-state index in [-0.39, 0.29) is 16.6 Å². The first-order valence-corrected chi connectivity index (χ1v) is 14.1. The van der Waals surface area contributed by atoms with Gasteiger partial charge in [-0.2, -0.15) is 0 Å². The van der Waals surface area contributed by atoms with Crippen molar-refractivity contribution in [2.24, 2.45) is 0 Å². The Morgan fingerprint density at radius 1 is 1.03 bits per heavy atom. The second-order valence-corrected chi connectivity index (χ2v) is 11.9. The van der Waals surface area contributed by atoms with Crippen LogP contribution in [-0.2, 0) is 21.2 Å². The molecular formula is C29H27ClN2O4S. The molecule has 0 spiro atoms. The number of sulfone groups is 1. The lowest BCUT2D eigenvalue weighted by Crippen LogP contribution is -2.45. The van der Waals surface area contributed by atoms with Crippen LogP contribution in [0.1, 0.15) is 39.9 Å². The third-order valence-corrected chi connectivity index (χ3v) is 9.14. The molecule has 1 saturated heterocycles. The Bertz CT molecular complexity index is 1590. The van der Waals surface area contributed by atoms with Gasteiger partial charge in [-0.3, -0.25) is 9.78 Å². The standard InChI is InChI=1S/C29H27ClN2O4S/c1-20-18-22(28(33)32-16-13-29(34,14-17-32)24-8-2-3-9-25(24)30)11-12-23(20)19-37(35,36)26-10-4-6-21-7-5-15-31-27(21)26/h2-12,15,18,34H,13-14,16-17,19H2,1H3. The summed E-state index contributed by atoms with van der Waals surface area (Å²) in [5.74, 6) is -0.325. The molecule has 0 radical (unpaired) electrons. The Morgan fingerprint density at radius 2 is 1.76 bits per heavy atom. The molecule has 1 aromatic heterocycles. The molecule has 0 atom stereocenters. The van der Waals surface area contributed by atoms with Crippen molar-refractivity contribution in [2.45, 2.75) is 36.0 Å². The van der Waals surface area contributed by atoms with Gasteiger partial charge >= 0.3 is 0 Å². The van der Waals surface area contributed by atoms with Gasteiger partial charge < -0.3 is 10.0 Å². The van der Waals surface area contributed by atoms with Gasteiger partial charge in [0.05, 0.1) is 21.8 Å². The van der Waals surface area contributed by atoms with Crippen LogP contribution in [0.4, 0.5) is 0 Å². The number of likely N-dealkylation sites (tertiary alicyclic amines) is 1. The first kappa shape index (κ1) is 25.4. The Hall–Kier alpha value is -3.26. The van der Waals surface area contributed by atoms with Crippen LogP contribution in [0.15, 0.2) is 83.9 Å². The topological polar surface area (TPSA) is 87.6 Å². The molecule has 0 aliphatic carbocycles. The van der Waals surface area contributed by atoms with Crippen LogP contribution in [0.5, 0.6) is 0 Å². The molecule has 190 valence electrons. The van der Waals surface area contributed by atoms with Crippen LogP contribution in [0, 0.1) is 6.92 Å². The van der Waals surface area contributed by atoms with E-state index in [1.165, 1.54) is 0 Å². The van der Waals surface area contributed by atoms with E-state index in [1.807, 2.05) is 37.3 Å². The molecule has 1 fully saturated rings.